The number of nitrogens with one attached hydrogen (secondary N) is 2. The van der Waals surface area contributed by atoms with Crippen molar-refractivity contribution < 1.29 is 4.79 Å². The molecule has 0 aliphatic carbocycles. The van der Waals surface area contributed by atoms with Crippen LogP contribution < -0.4 is 10.6 Å². The Labute approximate surface area is 128 Å². The molecule has 0 saturated heterocycles. The predicted octanol–water partition coefficient (Wildman–Crippen LogP) is 3.20. The Balaban J connectivity index is 2.86. The van der Waals surface area contributed by atoms with Crippen molar-refractivity contribution in [1.29, 1.82) is 0 Å². The van der Waals surface area contributed by atoms with Crippen LogP contribution in [0.4, 0.5) is 5.69 Å². The molecular weight excluding hydrogens is 264 g/mol. The summed E-state index contributed by atoms with van der Waals surface area (Å²) >= 11 is 0. The van der Waals surface area contributed by atoms with Gasteiger partial charge in [0.05, 0.1) is 11.9 Å². The lowest BCUT2D eigenvalue weighted by Crippen LogP contribution is -2.29. The maximum Gasteiger partial charge on any atom is 0.272 e. The molecule has 1 amide bonds. The quantitative estimate of drug-likeness (QED) is 0.845. The number of rotatable bonds is 6. The lowest BCUT2D eigenvalue weighted by molar-refractivity contribution is 0.0945. The van der Waals surface area contributed by atoms with Crippen molar-refractivity contribution in [2.24, 2.45) is 5.41 Å². The molecule has 0 atom stereocenters. The number of aromatic nitrogens is 2. The monoisotopic (exact) mass is 292 g/mol. The van der Waals surface area contributed by atoms with Gasteiger partial charge in [0, 0.05) is 19.0 Å². The molecule has 1 aromatic rings. The Morgan fingerprint density at radius 2 is 2.00 bits per heavy atom. The van der Waals surface area contributed by atoms with Crippen LogP contribution in [0.5, 0.6) is 0 Å². The van der Waals surface area contributed by atoms with Crippen LogP contribution in [0.25, 0.3) is 0 Å². The minimum atomic E-state index is -0.139. The van der Waals surface area contributed by atoms with Crippen molar-refractivity contribution in [2.75, 3.05) is 18.4 Å². The van der Waals surface area contributed by atoms with Gasteiger partial charge in [-0.25, -0.2) is 9.97 Å². The van der Waals surface area contributed by atoms with Crippen molar-refractivity contribution >= 4 is 11.6 Å². The molecule has 0 unspecified atom stereocenters. The van der Waals surface area contributed by atoms with Crippen molar-refractivity contribution in [1.82, 2.24) is 15.3 Å². The number of nitrogens with zero attached hydrogens (tertiary/aromatic N) is 2. The van der Waals surface area contributed by atoms with Gasteiger partial charge in [-0.3, -0.25) is 4.79 Å². The van der Waals surface area contributed by atoms with Gasteiger partial charge >= 0.3 is 0 Å². The molecule has 0 aliphatic rings. The summed E-state index contributed by atoms with van der Waals surface area (Å²) < 4.78 is 0. The molecule has 0 aliphatic heterocycles. The number of hydrogen-bond donors (Lipinski definition) is 2. The van der Waals surface area contributed by atoms with Crippen LogP contribution in [-0.2, 0) is 0 Å². The van der Waals surface area contributed by atoms with E-state index in [1.54, 1.807) is 6.20 Å². The lowest BCUT2D eigenvalue weighted by Gasteiger charge is -2.18. The number of carbonyl (C=O) groups excluding carboxylic acids is 1. The van der Waals surface area contributed by atoms with Gasteiger partial charge in [0.2, 0.25) is 0 Å². The molecule has 2 N–H and O–H groups in total. The van der Waals surface area contributed by atoms with E-state index in [1.807, 2.05) is 20.8 Å². The molecule has 21 heavy (non-hydrogen) atoms. The normalized spacial score (nSPS) is 11.6. The zero-order chi connectivity index (χ0) is 16.0. The zero-order valence-corrected chi connectivity index (χ0v) is 14.1. The average molecular weight is 292 g/mol. The highest BCUT2D eigenvalue weighted by Crippen LogP contribution is 2.18. The Hall–Kier alpha value is -1.65. The molecule has 0 bridgehead atoms. The van der Waals surface area contributed by atoms with E-state index in [2.05, 4.69) is 41.4 Å². The van der Waals surface area contributed by atoms with Crippen molar-refractivity contribution in [3.63, 3.8) is 0 Å². The lowest BCUT2D eigenvalue weighted by atomic mass is 9.92. The second kappa shape index (κ2) is 7.38. The second-order valence-corrected chi connectivity index (χ2v) is 6.74. The number of anilines is 1. The van der Waals surface area contributed by atoms with Crippen LogP contribution >= 0.6 is 0 Å². The Morgan fingerprint density at radius 1 is 1.33 bits per heavy atom. The summed E-state index contributed by atoms with van der Waals surface area (Å²) in [5, 5.41) is 6.10. The Bertz CT molecular complexity index is 478. The summed E-state index contributed by atoms with van der Waals surface area (Å²) in [6.45, 7) is 13.9. The van der Waals surface area contributed by atoms with E-state index in [0.717, 1.165) is 13.0 Å². The first-order valence-electron chi connectivity index (χ1n) is 7.63. The van der Waals surface area contributed by atoms with E-state index in [1.165, 1.54) is 0 Å². The molecular formula is C16H28N4O. The highest BCUT2D eigenvalue weighted by Gasteiger charge is 2.17. The van der Waals surface area contributed by atoms with Gasteiger partial charge in [0.15, 0.2) is 5.69 Å². The maximum atomic E-state index is 12.4. The fraction of sp³-hybridized carbons (Fsp3) is 0.688. The van der Waals surface area contributed by atoms with Crippen LogP contribution in [0.3, 0.4) is 0 Å². The van der Waals surface area contributed by atoms with Gasteiger partial charge in [-0.1, -0.05) is 34.6 Å². The average Bonchev–Trinajstić information content (AvgIpc) is 2.37. The SMILES string of the molecule is CCNc1cnc(C(C)C)nc1C(=O)NCCC(C)(C)C. The van der Waals surface area contributed by atoms with E-state index in [4.69, 9.17) is 0 Å². The summed E-state index contributed by atoms with van der Waals surface area (Å²) in [6, 6.07) is 0. The van der Waals surface area contributed by atoms with E-state index in [9.17, 15) is 4.79 Å². The van der Waals surface area contributed by atoms with E-state index in [0.29, 0.717) is 23.8 Å². The van der Waals surface area contributed by atoms with Crippen LogP contribution in [0, 0.1) is 5.41 Å². The van der Waals surface area contributed by atoms with Crippen LogP contribution in [-0.4, -0.2) is 29.0 Å². The van der Waals surface area contributed by atoms with Gasteiger partial charge in [-0.05, 0) is 18.8 Å². The van der Waals surface area contributed by atoms with Gasteiger partial charge < -0.3 is 10.6 Å². The maximum absolute atomic E-state index is 12.4. The summed E-state index contributed by atoms with van der Waals surface area (Å²) in [5.74, 6) is 0.749. The second-order valence-electron chi connectivity index (χ2n) is 6.74. The summed E-state index contributed by atoms with van der Waals surface area (Å²) in [6.07, 6.45) is 2.63. The molecule has 5 nitrogen and oxygen atoms in total. The fourth-order valence-corrected chi connectivity index (χ4v) is 1.80. The first-order chi connectivity index (χ1) is 9.74. The van der Waals surface area contributed by atoms with E-state index >= 15 is 0 Å². The molecule has 1 aromatic heterocycles. The van der Waals surface area contributed by atoms with Crippen LogP contribution in [0.2, 0.25) is 0 Å². The zero-order valence-electron chi connectivity index (χ0n) is 14.1. The highest BCUT2D eigenvalue weighted by molar-refractivity contribution is 5.97. The molecule has 0 aromatic carbocycles. The molecule has 0 radical (unpaired) electrons. The summed E-state index contributed by atoms with van der Waals surface area (Å²) in [5.41, 5.74) is 1.33. The van der Waals surface area contributed by atoms with Gasteiger partial charge in [-0.15, -0.1) is 0 Å². The Kier molecular flexibility index (Phi) is 6.12. The fourth-order valence-electron chi connectivity index (χ4n) is 1.80. The molecule has 1 heterocycles. The largest absolute Gasteiger partial charge is 0.382 e. The third-order valence-electron chi connectivity index (χ3n) is 3.07. The number of hydrogen-bond acceptors (Lipinski definition) is 4. The minimum absolute atomic E-state index is 0.139. The molecule has 5 heteroatoms. The molecule has 118 valence electrons. The topological polar surface area (TPSA) is 66.9 Å². The standard InChI is InChI=1S/C16H28N4O/c1-7-17-12-10-19-14(11(2)3)20-13(12)15(21)18-9-8-16(4,5)6/h10-11,17H,7-9H2,1-6H3,(H,18,21). The third-order valence-corrected chi connectivity index (χ3v) is 3.07. The summed E-state index contributed by atoms with van der Waals surface area (Å²) in [7, 11) is 0. The smallest absolute Gasteiger partial charge is 0.272 e. The van der Waals surface area contributed by atoms with Crippen molar-refractivity contribution in [3.8, 4) is 0 Å². The first-order valence-corrected chi connectivity index (χ1v) is 7.63. The van der Waals surface area contributed by atoms with Crippen molar-refractivity contribution in [2.45, 2.75) is 53.9 Å². The first kappa shape index (κ1) is 17.4. The van der Waals surface area contributed by atoms with Crippen LogP contribution in [0.1, 0.15) is 70.2 Å². The van der Waals surface area contributed by atoms with E-state index < -0.39 is 0 Å². The number of amides is 1. The molecule has 0 saturated carbocycles. The van der Waals surface area contributed by atoms with Gasteiger partial charge in [-0.2, -0.15) is 0 Å². The third kappa shape index (κ3) is 5.69. The highest BCUT2D eigenvalue weighted by atomic mass is 16.1. The number of carbonyl (C=O) groups is 1. The van der Waals surface area contributed by atoms with Gasteiger partial charge in [0.25, 0.3) is 5.91 Å². The van der Waals surface area contributed by atoms with Crippen LogP contribution in [0.15, 0.2) is 6.20 Å². The minimum Gasteiger partial charge on any atom is -0.382 e. The van der Waals surface area contributed by atoms with Gasteiger partial charge in [0.1, 0.15) is 5.82 Å². The van der Waals surface area contributed by atoms with Crippen molar-refractivity contribution in [3.05, 3.63) is 17.7 Å². The predicted molar refractivity (Wildman–Crippen MR) is 86.7 cm³/mol. The Morgan fingerprint density at radius 3 is 2.52 bits per heavy atom. The molecule has 0 fully saturated rings. The van der Waals surface area contributed by atoms with E-state index in [-0.39, 0.29) is 17.2 Å². The summed E-state index contributed by atoms with van der Waals surface area (Å²) in [4.78, 5) is 21.1. The molecule has 1 rings (SSSR count). The molecule has 0 spiro atoms.